The number of nitrogens with two attached hydrogens (primary N) is 4. The van der Waals surface area contributed by atoms with Gasteiger partial charge in [0.1, 0.15) is 24.2 Å². The molecule has 0 bridgehead atoms. The molecule has 0 radical (unpaired) electrons. The molecule has 1 aliphatic rings. The standard InChI is InChI=1S/C27H53N13O7/c1-4-11-33-12-7-18-24(44)37-17(6-10-29)25(45)40-19(30)26(46)34-13-8-15(32-3)22(42)36-16(5-9-28)23(43)35-14(2)21(41)39-20(31)27(47)38-18/h14-20,32-33H,4-13,28-31H2,1-3H3,(H,34,46)(H,35,43)(H,36,42)(H,37,44)(H,38,47)(H,39,41)(H,40,45)/t14-,15+,16+,17+,18+,19-,20-/m1/s1. The van der Waals surface area contributed by atoms with E-state index in [0.717, 1.165) is 6.42 Å². The van der Waals surface area contributed by atoms with E-state index in [1.807, 2.05) is 6.92 Å². The Balaban J connectivity index is 3.33. The molecule has 7 amide bonds. The minimum absolute atomic E-state index is 0.0138. The molecule has 7 atom stereocenters. The number of carbonyl (C=O) groups is 7. The molecule has 20 heteroatoms. The Hall–Kier alpha value is -3.95. The fourth-order valence-corrected chi connectivity index (χ4v) is 4.39. The smallest absolute Gasteiger partial charge is 0.258 e. The van der Waals surface area contributed by atoms with E-state index in [9.17, 15) is 33.6 Å². The van der Waals surface area contributed by atoms with Gasteiger partial charge >= 0.3 is 0 Å². The number of amides is 7. The molecule has 0 spiro atoms. The molecule has 0 aromatic carbocycles. The molecule has 1 rings (SSSR count). The maximum atomic E-state index is 13.3. The van der Waals surface area contributed by atoms with E-state index >= 15 is 0 Å². The summed E-state index contributed by atoms with van der Waals surface area (Å²) in [6, 6.07) is -5.57. The van der Waals surface area contributed by atoms with Crippen LogP contribution >= 0.6 is 0 Å². The highest BCUT2D eigenvalue weighted by Crippen LogP contribution is 2.01. The molecule has 17 N–H and O–H groups in total. The highest BCUT2D eigenvalue weighted by molar-refractivity contribution is 5.97. The Kier molecular flexibility index (Phi) is 19.0. The Morgan fingerprint density at radius 1 is 0.638 bits per heavy atom. The van der Waals surface area contributed by atoms with Gasteiger partial charge in [0.2, 0.25) is 29.5 Å². The predicted molar refractivity (Wildman–Crippen MR) is 171 cm³/mol. The zero-order valence-electron chi connectivity index (χ0n) is 27.3. The van der Waals surface area contributed by atoms with Gasteiger partial charge in [-0.1, -0.05) is 6.92 Å². The van der Waals surface area contributed by atoms with E-state index < -0.39 is 83.9 Å². The second kappa shape index (κ2) is 21.8. The lowest BCUT2D eigenvalue weighted by Gasteiger charge is -2.25. The van der Waals surface area contributed by atoms with E-state index in [4.69, 9.17) is 22.9 Å². The first kappa shape index (κ1) is 41.1. The summed E-state index contributed by atoms with van der Waals surface area (Å²) in [7, 11) is 1.51. The van der Waals surface area contributed by atoms with Crippen molar-refractivity contribution >= 4 is 41.4 Å². The number of hydrogen-bond donors (Lipinski definition) is 13. The third-order valence-corrected chi connectivity index (χ3v) is 7.16. The minimum Gasteiger partial charge on any atom is -0.353 e. The van der Waals surface area contributed by atoms with Crippen LogP contribution in [0.2, 0.25) is 0 Å². The molecule has 47 heavy (non-hydrogen) atoms. The van der Waals surface area contributed by atoms with Crippen LogP contribution in [-0.4, -0.2) is 124 Å². The van der Waals surface area contributed by atoms with Crippen molar-refractivity contribution in [2.45, 2.75) is 88.5 Å². The number of likely N-dealkylation sites (N-methyl/N-ethyl adjacent to an activating group) is 1. The molecule has 0 aromatic heterocycles. The fourth-order valence-electron chi connectivity index (χ4n) is 4.39. The van der Waals surface area contributed by atoms with Crippen LogP contribution in [0, 0.1) is 0 Å². The summed E-state index contributed by atoms with van der Waals surface area (Å²) in [6.45, 7) is 4.23. The van der Waals surface area contributed by atoms with E-state index in [-0.39, 0.29) is 45.3 Å². The highest BCUT2D eigenvalue weighted by atomic mass is 16.2. The Labute approximate surface area is 274 Å². The molecule has 20 nitrogen and oxygen atoms in total. The molecular formula is C27H53N13O7. The van der Waals surface area contributed by atoms with E-state index in [2.05, 4.69) is 47.9 Å². The lowest BCUT2D eigenvalue weighted by atomic mass is 10.1. The lowest BCUT2D eigenvalue weighted by Crippen LogP contribution is -2.62. The van der Waals surface area contributed by atoms with Gasteiger partial charge in [0.15, 0.2) is 12.3 Å². The van der Waals surface area contributed by atoms with Crippen LogP contribution in [0.3, 0.4) is 0 Å². The quantitative estimate of drug-likeness (QED) is 0.0961. The van der Waals surface area contributed by atoms with Gasteiger partial charge in [-0.15, -0.1) is 0 Å². The molecular weight excluding hydrogens is 618 g/mol. The summed E-state index contributed by atoms with van der Waals surface area (Å²) in [5.41, 5.74) is 23.1. The van der Waals surface area contributed by atoms with Gasteiger partial charge < -0.3 is 70.8 Å². The van der Waals surface area contributed by atoms with Crippen LogP contribution in [0.5, 0.6) is 0 Å². The van der Waals surface area contributed by atoms with Crippen LogP contribution < -0.4 is 70.8 Å². The minimum atomic E-state index is -1.63. The molecule has 0 saturated carbocycles. The molecule has 0 aliphatic carbocycles. The van der Waals surface area contributed by atoms with Crippen molar-refractivity contribution < 1.29 is 33.6 Å². The SMILES string of the molecule is CCCNCC[C@@H]1NC(=O)[C@H](N)NC(=O)[C@@H](C)NC(=O)[C@H](CCN)NC(=O)[C@@H](NC)CCNC(=O)[C@H](N)NC(=O)[C@H](CCN)NC1=O. The first-order valence-electron chi connectivity index (χ1n) is 15.7. The zero-order chi connectivity index (χ0) is 35.5. The summed E-state index contributed by atoms with van der Waals surface area (Å²) >= 11 is 0. The monoisotopic (exact) mass is 671 g/mol. The number of carbonyl (C=O) groups excluding carboxylic acids is 7. The van der Waals surface area contributed by atoms with Crippen molar-refractivity contribution in [1.82, 2.24) is 47.9 Å². The Bertz CT molecular complexity index is 1080. The van der Waals surface area contributed by atoms with Gasteiger partial charge in [-0.3, -0.25) is 33.6 Å². The topological polar surface area (TPSA) is 332 Å². The summed E-state index contributed by atoms with van der Waals surface area (Å²) in [5, 5.41) is 23.1. The van der Waals surface area contributed by atoms with Crippen LogP contribution in [-0.2, 0) is 33.6 Å². The maximum absolute atomic E-state index is 13.3. The lowest BCUT2D eigenvalue weighted by molar-refractivity contribution is -0.135. The van der Waals surface area contributed by atoms with E-state index in [1.165, 1.54) is 14.0 Å². The van der Waals surface area contributed by atoms with Gasteiger partial charge in [-0.25, -0.2) is 0 Å². The van der Waals surface area contributed by atoms with Gasteiger partial charge in [-0.05, 0) is 72.3 Å². The van der Waals surface area contributed by atoms with Crippen LogP contribution in [0.1, 0.15) is 46.0 Å². The predicted octanol–water partition coefficient (Wildman–Crippen LogP) is -7.06. The Morgan fingerprint density at radius 3 is 1.70 bits per heavy atom. The molecule has 0 aromatic rings. The summed E-state index contributed by atoms with van der Waals surface area (Å²) in [5.74, 6) is -5.34. The first-order valence-corrected chi connectivity index (χ1v) is 15.7. The third kappa shape index (κ3) is 14.6. The maximum Gasteiger partial charge on any atom is 0.258 e. The fraction of sp³-hybridized carbons (Fsp3) is 0.741. The van der Waals surface area contributed by atoms with Gasteiger partial charge in [0.25, 0.3) is 11.8 Å². The van der Waals surface area contributed by atoms with Crippen LogP contribution in [0.25, 0.3) is 0 Å². The number of hydrogen-bond acceptors (Lipinski definition) is 13. The third-order valence-electron chi connectivity index (χ3n) is 7.16. The van der Waals surface area contributed by atoms with Gasteiger partial charge in [-0.2, -0.15) is 0 Å². The summed E-state index contributed by atoms with van der Waals surface area (Å²) < 4.78 is 0. The van der Waals surface area contributed by atoms with Gasteiger partial charge in [0.05, 0.1) is 6.04 Å². The zero-order valence-corrected chi connectivity index (χ0v) is 27.3. The molecule has 1 aliphatic heterocycles. The normalized spacial score (nSPS) is 28.1. The molecule has 1 heterocycles. The van der Waals surface area contributed by atoms with Crippen molar-refractivity contribution in [3.63, 3.8) is 0 Å². The summed E-state index contributed by atoms with van der Waals surface area (Å²) in [4.78, 5) is 90.6. The average Bonchev–Trinajstić information content (AvgIpc) is 3.02. The van der Waals surface area contributed by atoms with E-state index in [1.54, 1.807) is 0 Å². The van der Waals surface area contributed by atoms with Crippen molar-refractivity contribution in [2.24, 2.45) is 22.9 Å². The van der Waals surface area contributed by atoms with Crippen molar-refractivity contribution in [1.29, 1.82) is 0 Å². The largest absolute Gasteiger partial charge is 0.353 e. The Morgan fingerprint density at radius 2 is 1.13 bits per heavy atom. The first-order chi connectivity index (χ1) is 22.3. The van der Waals surface area contributed by atoms with Gasteiger partial charge in [0, 0.05) is 6.54 Å². The highest BCUT2D eigenvalue weighted by Gasteiger charge is 2.31. The summed E-state index contributed by atoms with van der Waals surface area (Å²) in [6.07, 6.45) is -2.15. The molecule has 0 unspecified atom stereocenters. The van der Waals surface area contributed by atoms with Crippen molar-refractivity contribution in [3.05, 3.63) is 0 Å². The number of nitrogens with one attached hydrogen (secondary N) is 9. The average molecular weight is 672 g/mol. The van der Waals surface area contributed by atoms with Crippen molar-refractivity contribution in [3.8, 4) is 0 Å². The second-order valence-electron chi connectivity index (χ2n) is 11.0. The second-order valence-corrected chi connectivity index (χ2v) is 11.0. The van der Waals surface area contributed by atoms with E-state index in [0.29, 0.717) is 13.1 Å². The molecule has 268 valence electrons. The molecule has 1 saturated heterocycles. The van der Waals surface area contributed by atoms with Crippen LogP contribution in [0.4, 0.5) is 0 Å². The molecule has 1 fully saturated rings. The van der Waals surface area contributed by atoms with Crippen LogP contribution in [0.15, 0.2) is 0 Å². The van der Waals surface area contributed by atoms with Crippen molar-refractivity contribution in [2.75, 3.05) is 39.8 Å². The number of rotatable bonds is 10.